The van der Waals surface area contributed by atoms with E-state index in [1.165, 1.54) is 0 Å². The van der Waals surface area contributed by atoms with Crippen LogP contribution in [0.25, 0.3) is 11.3 Å². The molecule has 8 heteroatoms. The number of rotatable bonds is 11. The maximum Gasteiger partial charge on any atom is 0.337 e. The first-order chi connectivity index (χ1) is 19.8. The fraction of sp³-hybridized carbons (Fsp3) is 0.500. The van der Waals surface area contributed by atoms with Crippen molar-refractivity contribution in [2.24, 2.45) is 5.41 Å². The average Bonchev–Trinajstić information content (AvgIpc) is 2.92. The Morgan fingerprint density at radius 3 is 2.33 bits per heavy atom. The molecule has 3 aromatic rings. The number of anilines is 1. The molecule has 1 saturated heterocycles. The molecule has 1 aliphatic rings. The molecule has 0 radical (unpaired) electrons. The van der Waals surface area contributed by atoms with E-state index in [2.05, 4.69) is 23.7 Å². The molecule has 0 amide bonds. The van der Waals surface area contributed by atoms with Gasteiger partial charge in [0.05, 0.1) is 36.4 Å². The summed E-state index contributed by atoms with van der Waals surface area (Å²) in [4.78, 5) is 24.3. The minimum Gasteiger partial charge on any atom is -0.487 e. The molecule has 1 unspecified atom stereocenters. The van der Waals surface area contributed by atoms with Gasteiger partial charge in [0.2, 0.25) is 0 Å². The van der Waals surface area contributed by atoms with Crippen molar-refractivity contribution in [2.75, 3.05) is 24.6 Å². The number of carbonyl (C=O) groups is 1. The fourth-order valence-corrected chi connectivity index (χ4v) is 5.17. The van der Waals surface area contributed by atoms with E-state index in [0.29, 0.717) is 35.9 Å². The molecule has 0 spiro atoms. The number of pyridine rings is 2. The Kier molecular flexibility index (Phi) is 9.89. The summed E-state index contributed by atoms with van der Waals surface area (Å²) in [6, 6.07) is 13.8. The topological polar surface area (TPSA) is 94.0 Å². The Labute approximate surface area is 250 Å². The van der Waals surface area contributed by atoms with E-state index < -0.39 is 17.7 Å². The summed E-state index contributed by atoms with van der Waals surface area (Å²) in [5.41, 5.74) is 4.22. The lowest BCUT2D eigenvalue weighted by Gasteiger charge is -2.40. The maximum absolute atomic E-state index is 12.6. The van der Waals surface area contributed by atoms with Crippen molar-refractivity contribution in [3.05, 3.63) is 71.7 Å². The Balaban J connectivity index is 1.61. The number of carboxylic acid groups (broad SMARTS) is 1. The zero-order valence-electron chi connectivity index (χ0n) is 26.0. The molecule has 0 saturated carbocycles. The highest BCUT2D eigenvalue weighted by Crippen LogP contribution is 2.43. The third-order valence-corrected chi connectivity index (χ3v) is 7.49. The second-order valence-electron chi connectivity index (χ2n) is 12.9. The third kappa shape index (κ3) is 8.29. The van der Waals surface area contributed by atoms with E-state index in [1.54, 1.807) is 12.4 Å². The Bertz CT molecular complexity index is 1330. The lowest BCUT2D eigenvalue weighted by molar-refractivity contribution is -0.160. The van der Waals surface area contributed by atoms with E-state index in [0.717, 1.165) is 42.7 Å². The SMILES string of the molecule is Cc1ncc(-c2ccc(OC(C)COCc3ccccc3)cn2)c(N2CCC(C)(C)CC2)c1[C@H](OC(C)(C)C)C(=O)O. The van der Waals surface area contributed by atoms with Gasteiger partial charge in [-0.1, -0.05) is 44.2 Å². The van der Waals surface area contributed by atoms with Crippen LogP contribution in [-0.2, 0) is 20.9 Å². The number of carboxylic acids is 1. The quantitative estimate of drug-likeness (QED) is 0.261. The second kappa shape index (κ2) is 13.2. The molecule has 3 heterocycles. The van der Waals surface area contributed by atoms with Gasteiger partial charge >= 0.3 is 5.97 Å². The number of aromatic nitrogens is 2. The molecule has 2 aromatic heterocycles. The predicted octanol–water partition coefficient (Wildman–Crippen LogP) is 7.00. The van der Waals surface area contributed by atoms with Crippen LogP contribution in [-0.4, -0.2) is 52.4 Å². The van der Waals surface area contributed by atoms with Crippen molar-refractivity contribution in [1.82, 2.24) is 9.97 Å². The maximum atomic E-state index is 12.6. The molecule has 0 bridgehead atoms. The van der Waals surface area contributed by atoms with Crippen LogP contribution in [0.5, 0.6) is 5.75 Å². The lowest BCUT2D eigenvalue weighted by Crippen LogP contribution is -2.39. The minimum absolute atomic E-state index is 0.160. The molecule has 0 aliphatic carbocycles. The Hall–Kier alpha value is -3.49. The molecule has 1 aliphatic heterocycles. The van der Waals surface area contributed by atoms with Gasteiger partial charge in [-0.05, 0) is 70.6 Å². The normalized spacial score (nSPS) is 16.6. The molecular formula is C34H45N3O5. The molecular weight excluding hydrogens is 530 g/mol. The van der Waals surface area contributed by atoms with Gasteiger partial charge in [0.1, 0.15) is 11.9 Å². The molecule has 42 heavy (non-hydrogen) atoms. The predicted molar refractivity (Wildman–Crippen MR) is 165 cm³/mol. The zero-order valence-corrected chi connectivity index (χ0v) is 26.0. The number of piperidine rings is 1. The third-order valence-electron chi connectivity index (χ3n) is 7.49. The van der Waals surface area contributed by atoms with Crippen molar-refractivity contribution in [3.63, 3.8) is 0 Å². The molecule has 4 rings (SSSR count). The summed E-state index contributed by atoms with van der Waals surface area (Å²) in [7, 11) is 0. The average molecular weight is 576 g/mol. The van der Waals surface area contributed by atoms with Gasteiger partial charge in [-0.15, -0.1) is 0 Å². The van der Waals surface area contributed by atoms with Crippen molar-refractivity contribution >= 4 is 11.7 Å². The molecule has 226 valence electrons. The summed E-state index contributed by atoms with van der Waals surface area (Å²) in [5.74, 6) is -0.402. The first kappa shape index (κ1) is 31.4. The summed E-state index contributed by atoms with van der Waals surface area (Å²) < 4.78 is 18.0. The van der Waals surface area contributed by atoms with E-state index in [4.69, 9.17) is 19.2 Å². The molecule has 1 aromatic carbocycles. The first-order valence-electron chi connectivity index (χ1n) is 14.7. The van der Waals surface area contributed by atoms with Gasteiger partial charge in [0.15, 0.2) is 6.10 Å². The van der Waals surface area contributed by atoms with Crippen LogP contribution in [0.15, 0.2) is 54.9 Å². The molecule has 1 fully saturated rings. The van der Waals surface area contributed by atoms with Crippen LogP contribution in [0, 0.1) is 12.3 Å². The lowest BCUT2D eigenvalue weighted by atomic mass is 9.82. The zero-order chi connectivity index (χ0) is 30.5. The fourth-order valence-electron chi connectivity index (χ4n) is 5.17. The van der Waals surface area contributed by atoms with Crippen molar-refractivity contribution < 1.29 is 24.1 Å². The highest BCUT2D eigenvalue weighted by Gasteiger charge is 2.36. The number of hydrogen-bond acceptors (Lipinski definition) is 7. The Morgan fingerprint density at radius 1 is 1.05 bits per heavy atom. The van der Waals surface area contributed by atoms with Gasteiger partial charge < -0.3 is 24.2 Å². The number of ether oxygens (including phenoxy) is 3. The van der Waals surface area contributed by atoms with Crippen LogP contribution < -0.4 is 9.64 Å². The summed E-state index contributed by atoms with van der Waals surface area (Å²) in [6.45, 7) is 16.6. The van der Waals surface area contributed by atoms with E-state index in [9.17, 15) is 9.90 Å². The van der Waals surface area contributed by atoms with Crippen LogP contribution in [0.4, 0.5) is 5.69 Å². The number of benzene rings is 1. The number of aliphatic carboxylic acids is 1. The standard InChI is InChI=1S/C34H45N3O5/c1-23(21-40-22-25-11-9-8-10-12-25)41-26-13-14-28(36-19-26)27-20-35-24(2)29(31(32(38)39)42-33(3,4)5)30(27)37-17-15-34(6,7)16-18-37/h8-14,19-20,23,31H,15-18,21-22H2,1-7H3,(H,38,39)/t23?,31-/m0/s1. The number of aryl methyl sites for hydroxylation is 1. The van der Waals surface area contributed by atoms with Crippen LogP contribution in [0.3, 0.4) is 0 Å². The number of nitrogens with zero attached hydrogens (tertiary/aromatic N) is 3. The van der Waals surface area contributed by atoms with Crippen molar-refractivity contribution in [3.8, 4) is 17.0 Å². The monoisotopic (exact) mass is 575 g/mol. The highest BCUT2D eigenvalue weighted by atomic mass is 16.5. The van der Waals surface area contributed by atoms with E-state index in [-0.39, 0.29) is 11.5 Å². The minimum atomic E-state index is -1.17. The summed E-state index contributed by atoms with van der Waals surface area (Å²) >= 11 is 0. The van der Waals surface area contributed by atoms with Crippen molar-refractivity contribution in [2.45, 2.75) is 85.7 Å². The summed E-state index contributed by atoms with van der Waals surface area (Å²) in [6.07, 6.45) is 4.16. The van der Waals surface area contributed by atoms with Crippen LogP contribution in [0.2, 0.25) is 0 Å². The van der Waals surface area contributed by atoms with Gasteiger partial charge in [-0.25, -0.2) is 4.79 Å². The van der Waals surface area contributed by atoms with Gasteiger partial charge in [-0.2, -0.15) is 0 Å². The van der Waals surface area contributed by atoms with E-state index in [1.807, 2.05) is 77.1 Å². The van der Waals surface area contributed by atoms with E-state index >= 15 is 0 Å². The van der Waals surface area contributed by atoms with Crippen LogP contribution >= 0.6 is 0 Å². The smallest absolute Gasteiger partial charge is 0.337 e. The molecule has 8 nitrogen and oxygen atoms in total. The van der Waals surface area contributed by atoms with Gasteiger partial charge in [0, 0.05) is 36.1 Å². The largest absolute Gasteiger partial charge is 0.487 e. The second-order valence-corrected chi connectivity index (χ2v) is 12.9. The van der Waals surface area contributed by atoms with Crippen molar-refractivity contribution in [1.29, 1.82) is 0 Å². The first-order valence-corrected chi connectivity index (χ1v) is 14.7. The highest BCUT2D eigenvalue weighted by molar-refractivity contribution is 5.85. The Morgan fingerprint density at radius 2 is 1.74 bits per heavy atom. The molecule has 1 N–H and O–H groups in total. The molecule has 2 atom stereocenters. The number of hydrogen-bond donors (Lipinski definition) is 1. The van der Waals surface area contributed by atoms with Crippen LogP contribution in [0.1, 0.15) is 77.3 Å². The van der Waals surface area contributed by atoms with Gasteiger partial charge in [0.25, 0.3) is 0 Å². The summed E-state index contributed by atoms with van der Waals surface area (Å²) in [5, 5.41) is 10.3. The van der Waals surface area contributed by atoms with Gasteiger partial charge in [-0.3, -0.25) is 9.97 Å².